The summed E-state index contributed by atoms with van der Waals surface area (Å²) in [6.45, 7) is 5.57. The van der Waals surface area contributed by atoms with Crippen LogP contribution in [-0.4, -0.2) is 42.5 Å². The van der Waals surface area contributed by atoms with E-state index in [4.69, 9.17) is 10.5 Å². The van der Waals surface area contributed by atoms with Gasteiger partial charge in [0.25, 0.3) is 0 Å². The summed E-state index contributed by atoms with van der Waals surface area (Å²) in [6.07, 6.45) is 2.28. The van der Waals surface area contributed by atoms with Crippen molar-refractivity contribution in [2.45, 2.75) is 39.2 Å². The minimum atomic E-state index is -0.287. The van der Waals surface area contributed by atoms with E-state index >= 15 is 0 Å². The molecule has 1 saturated heterocycles. The van der Waals surface area contributed by atoms with E-state index in [9.17, 15) is 9.59 Å². The van der Waals surface area contributed by atoms with Crippen LogP contribution in [0, 0.1) is 5.92 Å². The molecule has 1 aromatic carbocycles. The molecule has 2 amide bonds. The first kappa shape index (κ1) is 21.3. The van der Waals surface area contributed by atoms with Crippen molar-refractivity contribution in [1.29, 1.82) is 0 Å². The second-order valence-electron chi connectivity index (χ2n) is 6.24. The third-order valence-corrected chi connectivity index (χ3v) is 4.28. The van der Waals surface area contributed by atoms with Crippen molar-refractivity contribution in [3.8, 4) is 5.75 Å². The summed E-state index contributed by atoms with van der Waals surface area (Å²) in [5.41, 5.74) is 6.09. The number of anilines is 1. The topological polar surface area (TPSA) is 84.7 Å². The number of benzene rings is 1. The predicted octanol–water partition coefficient (Wildman–Crippen LogP) is 2.42. The number of likely N-dealkylation sites (tertiary alicyclic amines) is 1. The minimum absolute atomic E-state index is 0. The Kier molecular flexibility index (Phi) is 8.72. The average molecular weight is 370 g/mol. The van der Waals surface area contributed by atoms with Gasteiger partial charge in [0.05, 0.1) is 5.92 Å². The van der Waals surface area contributed by atoms with Gasteiger partial charge in [-0.05, 0) is 37.6 Å². The molecular formula is C18H28ClN3O3. The lowest BCUT2D eigenvalue weighted by atomic mass is 10.1. The first-order valence-electron chi connectivity index (χ1n) is 8.58. The number of carbonyl (C=O) groups excluding carboxylic acids is 2. The highest BCUT2D eigenvalue weighted by Crippen LogP contribution is 2.24. The summed E-state index contributed by atoms with van der Waals surface area (Å²) in [6, 6.07) is 7.36. The van der Waals surface area contributed by atoms with Crippen molar-refractivity contribution >= 4 is 29.9 Å². The van der Waals surface area contributed by atoms with Crippen LogP contribution in [0.15, 0.2) is 24.3 Å². The first-order chi connectivity index (χ1) is 11.5. The number of rotatable bonds is 8. The number of carbonyl (C=O) groups is 2. The second-order valence-corrected chi connectivity index (χ2v) is 6.24. The van der Waals surface area contributed by atoms with Gasteiger partial charge in [0.15, 0.2) is 0 Å². The van der Waals surface area contributed by atoms with Crippen LogP contribution in [0.5, 0.6) is 5.75 Å². The predicted molar refractivity (Wildman–Crippen MR) is 101 cm³/mol. The van der Waals surface area contributed by atoms with Gasteiger partial charge in [-0.3, -0.25) is 9.59 Å². The lowest BCUT2D eigenvalue weighted by molar-refractivity contribution is -0.129. The summed E-state index contributed by atoms with van der Waals surface area (Å²) in [7, 11) is 0. The Bertz CT molecular complexity index is 565. The average Bonchev–Trinajstić information content (AvgIpc) is 2.96. The fraction of sp³-hybridized carbons (Fsp3) is 0.556. The van der Waals surface area contributed by atoms with Gasteiger partial charge in [-0.15, -0.1) is 12.4 Å². The van der Waals surface area contributed by atoms with Gasteiger partial charge in [0, 0.05) is 31.2 Å². The van der Waals surface area contributed by atoms with Crippen LogP contribution in [0.2, 0.25) is 0 Å². The van der Waals surface area contributed by atoms with E-state index in [1.165, 1.54) is 0 Å². The van der Waals surface area contributed by atoms with Crippen LogP contribution in [0.3, 0.4) is 0 Å². The zero-order valence-corrected chi connectivity index (χ0v) is 15.7. The van der Waals surface area contributed by atoms with Crippen LogP contribution < -0.4 is 15.8 Å². The number of nitrogens with two attached hydrogens (primary N) is 1. The van der Waals surface area contributed by atoms with Gasteiger partial charge in [0.1, 0.15) is 12.4 Å². The Morgan fingerprint density at radius 3 is 2.68 bits per heavy atom. The van der Waals surface area contributed by atoms with Crippen LogP contribution in [0.1, 0.15) is 33.1 Å². The van der Waals surface area contributed by atoms with Crippen molar-refractivity contribution in [2.24, 2.45) is 11.7 Å². The highest BCUT2D eigenvalue weighted by atomic mass is 35.5. The van der Waals surface area contributed by atoms with E-state index in [1.54, 1.807) is 24.3 Å². The Morgan fingerprint density at radius 2 is 2.08 bits per heavy atom. The second kappa shape index (κ2) is 10.3. The highest BCUT2D eigenvalue weighted by Gasteiger charge is 2.36. The molecule has 1 aliphatic rings. The SMILES string of the molecule is CCCC(C)N1CC(C(=O)Nc2ccc(OCCN)cc2)CC1=O.Cl. The van der Waals surface area contributed by atoms with Gasteiger partial charge in [-0.25, -0.2) is 0 Å². The molecule has 0 spiro atoms. The Morgan fingerprint density at radius 1 is 1.40 bits per heavy atom. The lowest BCUT2D eigenvalue weighted by Gasteiger charge is -2.24. The summed E-state index contributed by atoms with van der Waals surface area (Å²) >= 11 is 0. The van der Waals surface area contributed by atoms with Gasteiger partial charge < -0.3 is 20.7 Å². The molecule has 0 aromatic heterocycles. The van der Waals surface area contributed by atoms with E-state index in [0.29, 0.717) is 31.1 Å². The van der Waals surface area contributed by atoms with Crippen LogP contribution in [0.25, 0.3) is 0 Å². The third kappa shape index (κ3) is 5.90. The highest BCUT2D eigenvalue weighted by molar-refractivity contribution is 5.97. The van der Waals surface area contributed by atoms with Crippen LogP contribution in [-0.2, 0) is 9.59 Å². The van der Waals surface area contributed by atoms with E-state index in [0.717, 1.165) is 12.8 Å². The number of nitrogens with zero attached hydrogens (tertiary/aromatic N) is 1. The van der Waals surface area contributed by atoms with E-state index in [2.05, 4.69) is 12.2 Å². The van der Waals surface area contributed by atoms with Crippen LogP contribution >= 0.6 is 12.4 Å². The molecule has 2 unspecified atom stereocenters. The summed E-state index contributed by atoms with van der Waals surface area (Å²) in [4.78, 5) is 26.4. The molecule has 0 aliphatic carbocycles. The summed E-state index contributed by atoms with van der Waals surface area (Å²) in [5.74, 6) is 0.394. The molecule has 140 valence electrons. The Labute approximate surface area is 155 Å². The largest absolute Gasteiger partial charge is 0.492 e. The molecule has 1 fully saturated rings. The zero-order valence-electron chi connectivity index (χ0n) is 14.9. The van der Waals surface area contributed by atoms with Crippen molar-refractivity contribution in [2.75, 3.05) is 25.0 Å². The molecule has 7 heteroatoms. The standard InChI is InChI=1S/C18H27N3O3.ClH/c1-3-4-13(2)21-12-14(11-17(21)22)18(23)20-15-5-7-16(8-6-15)24-10-9-19;/h5-8,13-14H,3-4,9-12,19H2,1-2H3,(H,20,23);1H. The molecular weight excluding hydrogens is 342 g/mol. The molecule has 0 radical (unpaired) electrons. The normalized spacial score (nSPS) is 17.8. The molecule has 2 rings (SSSR count). The maximum Gasteiger partial charge on any atom is 0.229 e. The van der Waals surface area contributed by atoms with E-state index < -0.39 is 0 Å². The van der Waals surface area contributed by atoms with Crippen molar-refractivity contribution in [1.82, 2.24) is 4.90 Å². The Balaban J connectivity index is 0.00000312. The van der Waals surface area contributed by atoms with Crippen LogP contribution in [0.4, 0.5) is 5.69 Å². The minimum Gasteiger partial charge on any atom is -0.492 e. The fourth-order valence-corrected chi connectivity index (χ4v) is 2.96. The number of ether oxygens (including phenoxy) is 1. The number of hydrogen-bond donors (Lipinski definition) is 2. The van der Waals surface area contributed by atoms with E-state index in [-0.39, 0.29) is 42.6 Å². The van der Waals surface area contributed by atoms with Crippen molar-refractivity contribution in [3.63, 3.8) is 0 Å². The number of amides is 2. The fourth-order valence-electron chi connectivity index (χ4n) is 2.96. The molecule has 3 N–H and O–H groups in total. The zero-order chi connectivity index (χ0) is 17.5. The molecule has 0 saturated carbocycles. The molecule has 25 heavy (non-hydrogen) atoms. The maximum atomic E-state index is 12.4. The number of hydrogen-bond acceptors (Lipinski definition) is 4. The molecule has 2 atom stereocenters. The van der Waals surface area contributed by atoms with Gasteiger partial charge in [0.2, 0.25) is 11.8 Å². The van der Waals surface area contributed by atoms with E-state index in [1.807, 2.05) is 11.8 Å². The maximum absolute atomic E-state index is 12.4. The number of halogens is 1. The van der Waals surface area contributed by atoms with Crippen molar-refractivity contribution in [3.05, 3.63) is 24.3 Å². The lowest BCUT2D eigenvalue weighted by Crippen LogP contribution is -2.35. The quantitative estimate of drug-likeness (QED) is 0.737. The summed E-state index contributed by atoms with van der Waals surface area (Å²) in [5, 5.41) is 2.88. The Hall–Kier alpha value is -1.79. The molecule has 1 heterocycles. The van der Waals surface area contributed by atoms with Gasteiger partial charge in [-0.2, -0.15) is 0 Å². The van der Waals surface area contributed by atoms with Gasteiger partial charge in [-0.1, -0.05) is 13.3 Å². The molecule has 6 nitrogen and oxygen atoms in total. The van der Waals surface area contributed by atoms with Gasteiger partial charge >= 0.3 is 0 Å². The molecule has 1 aromatic rings. The van der Waals surface area contributed by atoms with Crippen molar-refractivity contribution < 1.29 is 14.3 Å². The third-order valence-electron chi connectivity index (χ3n) is 4.28. The summed E-state index contributed by atoms with van der Waals surface area (Å²) < 4.78 is 5.40. The molecule has 0 bridgehead atoms. The number of nitrogens with one attached hydrogen (secondary N) is 1. The first-order valence-corrected chi connectivity index (χ1v) is 8.58. The smallest absolute Gasteiger partial charge is 0.229 e. The molecule has 1 aliphatic heterocycles. The monoisotopic (exact) mass is 369 g/mol.